The number of hydrogen-bond acceptors (Lipinski definition) is 3. The van der Waals surface area contributed by atoms with Crippen molar-refractivity contribution in [3.05, 3.63) is 29.8 Å². The van der Waals surface area contributed by atoms with Gasteiger partial charge in [0.2, 0.25) is 0 Å². The maximum absolute atomic E-state index is 10.4. The van der Waals surface area contributed by atoms with Crippen LogP contribution in [0.15, 0.2) is 24.3 Å². The lowest BCUT2D eigenvalue weighted by Gasteiger charge is -2.23. The molecule has 1 aromatic carbocycles. The standard InChI is InChI=1S/C16H24O3/c1-4-18-16(13-5-6-13)15(17)12-7-9-14(10-8-12)19-11(2)3/h7-11,13,15-17H,4-6H2,1-3H3. The van der Waals surface area contributed by atoms with E-state index >= 15 is 0 Å². The van der Waals surface area contributed by atoms with E-state index < -0.39 is 6.10 Å². The Morgan fingerprint density at radius 2 is 1.84 bits per heavy atom. The van der Waals surface area contributed by atoms with Crippen molar-refractivity contribution >= 4 is 0 Å². The average molecular weight is 264 g/mol. The van der Waals surface area contributed by atoms with E-state index in [0.717, 1.165) is 24.2 Å². The van der Waals surface area contributed by atoms with Crippen molar-refractivity contribution in [3.8, 4) is 5.75 Å². The molecule has 1 N–H and O–H groups in total. The first-order chi connectivity index (χ1) is 9.11. The lowest BCUT2D eigenvalue weighted by Crippen LogP contribution is -2.24. The van der Waals surface area contributed by atoms with Crippen LogP contribution < -0.4 is 4.74 Å². The van der Waals surface area contributed by atoms with E-state index in [1.165, 1.54) is 0 Å². The number of benzene rings is 1. The van der Waals surface area contributed by atoms with Gasteiger partial charge in [0.1, 0.15) is 11.9 Å². The van der Waals surface area contributed by atoms with Crippen LogP contribution >= 0.6 is 0 Å². The number of ether oxygens (including phenoxy) is 2. The minimum Gasteiger partial charge on any atom is -0.491 e. The summed E-state index contributed by atoms with van der Waals surface area (Å²) in [5.74, 6) is 1.35. The van der Waals surface area contributed by atoms with E-state index in [4.69, 9.17) is 9.47 Å². The Hall–Kier alpha value is -1.06. The molecule has 1 fully saturated rings. The Morgan fingerprint density at radius 1 is 1.21 bits per heavy atom. The molecule has 106 valence electrons. The van der Waals surface area contributed by atoms with Crippen LogP contribution in [0.1, 0.15) is 45.3 Å². The van der Waals surface area contributed by atoms with Gasteiger partial charge in [0.05, 0.1) is 12.2 Å². The van der Waals surface area contributed by atoms with E-state index in [1.807, 2.05) is 45.0 Å². The molecule has 0 aromatic heterocycles. The number of aliphatic hydroxyl groups is 1. The van der Waals surface area contributed by atoms with Crippen molar-refractivity contribution in [3.63, 3.8) is 0 Å². The van der Waals surface area contributed by atoms with Crippen LogP contribution in [0.5, 0.6) is 5.75 Å². The molecule has 0 saturated heterocycles. The molecule has 0 spiro atoms. The van der Waals surface area contributed by atoms with Gasteiger partial charge >= 0.3 is 0 Å². The molecule has 2 unspecified atom stereocenters. The summed E-state index contributed by atoms with van der Waals surface area (Å²) in [6.45, 7) is 6.62. The van der Waals surface area contributed by atoms with Crippen molar-refractivity contribution in [2.75, 3.05) is 6.61 Å². The molecule has 0 radical (unpaired) electrons. The maximum atomic E-state index is 10.4. The SMILES string of the molecule is CCOC(C1CC1)C(O)c1ccc(OC(C)C)cc1. The van der Waals surface area contributed by atoms with Gasteiger partial charge in [-0.15, -0.1) is 0 Å². The molecule has 1 aliphatic rings. The number of aliphatic hydroxyl groups excluding tert-OH is 1. The molecule has 2 rings (SSSR count). The van der Waals surface area contributed by atoms with Crippen LogP contribution in [0.2, 0.25) is 0 Å². The van der Waals surface area contributed by atoms with E-state index in [1.54, 1.807) is 0 Å². The van der Waals surface area contributed by atoms with Crippen LogP contribution in [0.4, 0.5) is 0 Å². The van der Waals surface area contributed by atoms with E-state index in [2.05, 4.69) is 0 Å². The summed E-state index contributed by atoms with van der Waals surface area (Å²) in [7, 11) is 0. The fraction of sp³-hybridized carbons (Fsp3) is 0.625. The van der Waals surface area contributed by atoms with Crippen molar-refractivity contribution < 1.29 is 14.6 Å². The number of hydrogen-bond donors (Lipinski definition) is 1. The second-order valence-electron chi connectivity index (χ2n) is 5.44. The Balaban J connectivity index is 2.03. The molecule has 0 amide bonds. The van der Waals surface area contributed by atoms with Gasteiger partial charge in [-0.2, -0.15) is 0 Å². The summed E-state index contributed by atoms with van der Waals surface area (Å²) in [5, 5.41) is 10.4. The summed E-state index contributed by atoms with van der Waals surface area (Å²) in [5.41, 5.74) is 0.904. The highest BCUT2D eigenvalue weighted by Gasteiger charge is 2.37. The van der Waals surface area contributed by atoms with Crippen LogP contribution in [0.3, 0.4) is 0 Å². The summed E-state index contributed by atoms with van der Waals surface area (Å²) in [6, 6.07) is 7.68. The van der Waals surface area contributed by atoms with E-state index in [0.29, 0.717) is 12.5 Å². The maximum Gasteiger partial charge on any atom is 0.119 e. The summed E-state index contributed by atoms with van der Waals surface area (Å²) < 4.78 is 11.3. The van der Waals surface area contributed by atoms with Crippen LogP contribution in [-0.2, 0) is 4.74 Å². The Morgan fingerprint density at radius 3 is 2.32 bits per heavy atom. The third-order valence-corrected chi connectivity index (χ3v) is 3.35. The third-order valence-electron chi connectivity index (χ3n) is 3.35. The van der Waals surface area contributed by atoms with Gasteiger partial charge in [-0.05, 0) is 57.2 Å². The molecular formula is C16H24O3. The highest BCUT2D eigenvalue weighted by molar-refractivity contribution is 5.29. The fourth-order valence-electron chi connectivity index (χ4n) is 2.31. The first kappa shape index (κ1) is 14.4. The van der Waals surface area contributed by atoms with Crippen molar-refractivity contribution in [2.45, 2.75) is 51.9 Å². The van der Waals surface area contributed by atoms with Gasteiger partial charge in [0.15, 0.2) is 0 Å². The summed E-state index contributed by atoms with van der Waals surface area (Å²) >= 11 is 0. The predicted molar refractivity (Wildman–Crippen MR) is 75.3 cm³/mol. The molecule has 0 bridgehead atoms. The van der Waals surface area contributed by atoms with Crippen LogP contribution in [0, 0.1) is 5.92 Å². The molecule has 0 aliphatic heterocycles. The van der Waals surface area contributed by atoms with Crippen LogP contribution in [0.25, 0.3) is 0 Å². The molecule has 1 aromatic rings. The predicted octanol–water partition coefficient (Wildman–Crippen LogP) is 3.32. The zero-order valence-electron chi connectivity index (χ0n) is 12.0. The smallest absolute Gasteiger partial charge is 0.119 e. The van der Waals surface area contributed by atoms with Crippen molar-refractivity contribution in [1.82, 2.24) is 0 Å². The molecule has 2 atom stereocenters. The highest BCUT2D eigenvalue weighted by atomic mass is 16.5. The van der Waals surface area contributed by atoms with Gasteiger partial charge in [-0.25, -0.2) is 0 Å². The van der Waals surface area contributed by atoms with Gasteiger partial charge in [-0.3, -0.25) is 0 Å². The largest absolute Gasteiger partial charge is 0.491 e. The molecule has 1 aliphatic carbocycles. The third kappa shape index (κ3) is 3.95. The zero-order valence-corrected chi connectivity index (χ0v) is 12.0. The number of rotatable bonds is 7. The molecule has 3 nitrogen and oxygen atoms in total. The Kier molecular flexibility index (Phi) is 4.83. The summed E-state index contributed by atoms with van der Waals surface area (Å²) in [6.07, 6.45) is 1.88. The normalized spacial score (nSPS) is 18.4. The van der Waals surface area contributed by atoms with Gasteiger partial charge in [-0.1, -0.05) is 12.1 Å². The fourth-order valence-corrected chi connectivity index (χ4v) is 2.31. The zero-order chi connectivity index (χ0) is 13.8. The molecule has 1 saturated carbocycles. The lowest BCUT2D eigenvalue weighted by atomic mass is 10.0. The minimum absolute atomic E-state index is 0.0677. The van der Waals surface area contributed by atoms with Gasteiger partial charge < -0.3 is 14.6 Å². The molecule has 19 heavy (non-hydrogen) atoms. The Labute approximate surface area is 115 Å². The van der Waals surface area contributed by atoms with Gasteiger partial charge in [0, 0.05) is 6.61 Å². The molecule has 0 heterocycles. The molecule has 3 heteroatoms. The van der Waals surface area contributed by atoms with Crippen molar-refractivity contribution in [1.29, 1.82) is 0 Å². The minimum atomic E-state index is -0.541. The first-order valence-corrected chi connectivity index (χ1v) is 7.18. The highest BCUT2D eigenvalue weighted by Crippen LogP contribution is 2.40. The molecular weight excluding hydrogens is 240 g/mol. The van der Waals surface area contributed by atoms with Crippen molar-refractivity contribution in [2.24, 2.45) is 5.92 Å². The van der Waals surface area contributed by atoms with E-state index in [-0.39, 0.29) is 12.2 Å². The lowest BCUT2D eigenvalue weighted by molar-refractivity contribution is -0.0462. The van der Waals surface area contributed by atoms with Crippen LogP contribution in [-0.4, -0.2) is 23.9 Å². The second kappa shape index (κ2) is 6.40. The Bertz CT molecular complexity index is 381. The monoisotopic (exact) mass is 264 g/mol. The topological polar surface area (TPSA) is 38.7 Å². The van der Waals surface area contributed by atoms with E-state index in [9.17, 15) is 5.11 Å². The summed E-state index contributed by atoms with van der Waals surface area (Å²) in [4.78, 5) is 0. The second-order valence-corrected chi connectivity index (χ2v) is 5.44. The van der Waals surface area contributed by atoms with Gasteiger partial charge in [0.25, 0.3) is 0 Å². The average Bonchev–Trinajstić information content (AvgIpc) is 3.19. The first-order valence-electron chi connectivity index (χ1n) is 7.18. The quantitative estimate of drug-likeness (QED) is 0.821.